The van der Waals surface area contributed by atoms with Gasteiger partial charge >= 0.3 is 5.97 Å². The van der Waals surface area contributed by atoms with Crippen LogP contribution in [-0.4, -0.2) is 43.3 Å². The molecule has 1 N–H and O–H groups in total. The molecule has 18 heavy (non-hydrogen) atoms. The normalized spacial score (nSPS) is 12.4. The lowest BCUT2D eigenvalue weighted by Crippen LogP contribution is -2.47. The minimum atomic E-state index is -0.922. The maximum Gasteiger partial charge on any atom is 0.323 e. The highest BCUT2D eigenvalue weighted by Gasteiger charge is 2.32. The second kappa shape index (κ2) is 5.48. The number of aliphatic carboxylic acids is 1. The Morgan fingerprint density at radius 1 is 1.56 bits per heavy atom. The van der Waals surface area contributed by atoms with Crippen LogP contribution in [0.25, 0.3) is 0 Å². The Hall–Kier alpha value is -1.43. The van der Waals surface area contributed by atoms with E-state index >= 15 is 0 Å². The van der Waals surface area contributed by atoms with Gasteiger partial charge in [0.25, 0.3) is 0 Å². The Bertz CT molecular complexity index is 412. The van der Waals surface area contributed by atoms with Gasteiger partial charge in [0.1, 0.15) is 17.7 Å². The molecule has 0 aliphatic rings. The number of carbonyl (C=O) groups is 1. The largest absolute Gasteiger partial charge is 0.480 e. The van der Waals surface area contributed by atoms with Gasteiger partial charge in [-0.3, -0.25) is 9.69 Å². The van der Waals surface area contributed by atoms with Crippen molar-refractivity contribution in [1.29, 1.82) is 0 Å². The van der Waals surface area contributed by atoms with Crippen LogP contribution in [0.4, 0.5) is 0 Å². The summed E-state index contributed by atoms with van der Waals surface area (Å²) in [4.78, 5) is 17.1. The van der Waals surface area contributed by atoms with Crippen LogP contribution in [0.3, 0.4) is 0 Å². The van der Waals surface area contributed by atoms with Crippen molar-refractivity contribution in [2.45, 2.75) is 46.3 Å². The van der Waals surface area contributed by atoms with Gasteiger partial charge in [0.05, 0.1) is 6.54 Å². The van der Waals surface area contributed by atoms with Crippen LogP contribution in [0.1, 0.15) is 33.5 Å². The number of hydrogen-bond acceptors (Lipinski definition) is 4. The molecule has 0 saturated carbocycles. The summed E-state index contributed by atoms with van der Waals surface area (Å²) in [6.45, 7) is 8.83. The monoisotopic (exact) mass is 254 g/mol. The molecule has 6 nitrogen and oxygen atoms in total. The first-order chi connectivity index (χ1) is 8.25. The molecular weight excluding hydrogens is 232 g/mol. The summed E-state index contributed by atoms with van der Waals surface area (Å²) in [7, 11) is 1.78. The Balaban J connectivity index is 2.79. The van der Waals surface area contributed by atoms with Crippen molar-refractivity contribution in [3.05, 3.63) is 12.2 Å². The molecule has 0 spiro atoms. The Kier molecular flexibility index (Phi) is 4.45. The van der Waals surface area contributed by atoms with Gasteiger partial charge in [0.2, 0.25) is 0 Å². The van der Waals surface area contributed by atoms with Crippen LogP contribution >= 0.6 is 0 Å². The minimum absolute atomic E-state index is 0.464. The summed E-state index contributed by atoms with van der Waals surface area (Å²) in [6.07, 6.45) is 1.51. The quantitative estimate of drug-likeness (QED) is 0.826. The molecule has 0 fully saturated rings. The predicted octanol–water partition coefficient (Wildman–Crippen LogP) is 1.23. The van der Waals surface area contributed by atoms with Crippen LogP contribution in [0, 0.1) is 5.92 Å². The van der Waals surface area contributed by atoms with E-state index in [-0.39, 0.29) is 0 Å². The van der Waals surface area contributed by atoms with Crippen molar-refractivity contribution in [3.8, 4) is 0 Å². The van der Waals surface area contributed by atoms with Crippen LogP contribution in [0.15, 0.2) is 6.33 Å². The predicted molar refractivity (Wildman–Crippen MR) is 68.0 cm³/mol. The van der Waals surface area contributed by atoms with Crippen LogP contribution < -0.4 is 0 Å². The number of aromatic nitrogens is 3. The number of hydrogen-bond donors (Lipinski definition) is 1. The fourth-order valence-electron chi connectivity index (χ4n) is 1.48. The third-order valence-electron chi connectivity index (χ3n) is 3.09. The second-order valence-corrected chi connectivity index (χ2v) is 5.47. The average Bonchev–Trinajstić information content (AvgIpc) is 2.64. The molecule has 6 heteroatoms. The van der Waals surface area contributed by atoms with Gasteiger partial charge in [-0.15, -0.1) is 0 Å². The molecule has 0 aliphatic carbocycles. The minimum Gasteiger partial charge on any atom is -0.480 e. The summed E-state index contributed by atoms with van der Waals surface area (Å²) in [5.74, 6) is 0.420. The maximum atomic E-state index is 11.2. The van der Waals surface area contributed by atoms with Gasteiger partial charge in [-0.2, -0.15) is 5.10 Å². The molecule has 0 radical (unpaired) electrons. The van der Waals surface area contributed by atoms with Crippen molar-refractivity contribution in [3.63, 3.8) is 0 Å². The highest BCUT2D eigenvalue weighted by atomic mass is 16.4. The fourth-order valence-corrected chi connectivity index (χ4v) is 1.48. The Labute approximate surface area is 108 Å². The van der Waals surface area contributed by atoms with Crippen LogP contribution in [0.2, 0.25) is 0 Å². The number of carboxylic acids is 1. The van der Waals surface area contributed by atoms with Crippen LogP contribution in [0.5, 0.6) is 0 Å². The van der Waals surface area contributed by atoms with Gasteiger partial charge in [0.15, 0.2) is 0 Å². The maximum absolute atomic E-state index is 11.2. The molecule has 0 aromatic carbocycles. The first-order valence-electron chi connectivity index (χ1n) is 6.06. The molecule has 102 valence electrons. The van der Waals surface area contributed by atoms with E-state index in [0.717, 1.165) is 12.4 Å². The van der Waals surface area contributed by atoms with Crippen LogP contribution in [-0.2, 0) is 17.9 Å². The van der Waals surface area contributed by atoms with Crippen molar-refractivity contribution >= 4 is 5.97 Å². The van der Waals surface area contributed by atoms with E-state index in [9.17, 15) is 9.90 Å². The first-order valence-corrected chi connectivity index (χ1v) is 6.06. The average molecular weight is 254 g/mol. The highest BCUT2D eigenvalue weighted by Crippen LogP contribution is 2.15. The topological polar surface area (TPSA) is 71.2 Å². The fraction of sp³-hybridized carbons (Fsp3) is 0.750. The molecule has 1 aromatic rings. The smallest absolute Gasteiger partial charge is 0.323 e. The summed E-state index contributed by atoms with van der Waals surface area (Å²) in [6, 6.07) is 0. The zero-order valence-corrected chi connectivity index (χ0v) is 11.7. The molecule has 0 amide bonds. The summed E-state index contributed by atoms with van der Waals surface area (Å²) < 4.78 is 1.83. The molecule has 0 bridgehead atoms. The lowest BCUT2D eigenvalue weighted by molar-refractivity contribution is -0.148. The summed E-state index contributed by atoms with van der Waals surface area (Å²) in [5.41, 5.74) is -0.922. The van der Waals surface area contributed by atoms with E-state index < -0.39 is 11.5 Å². The van der Waals surface area contributed by atoms with Crippen molar-refractivity contribution in [1.82, 2.24) is 19.7 Å². The zero-order valence-electron chi connectivity index (χ0n) is 11.7. The molecule has 1 aromatic heterocycles. The van der Waals surface area contributed by atoms with Gasteiger partial charge < -0.3 is 5.11 Å². The molecule has 0 aliphatic heterocycles. The molecule has 0 unspecified atom stereocenters. The highest BCUT2D eigenvalue weighted by molar-refractivity contribution is 5.77. The molecule has 0 saturated heterocycles. The molecule has 1 rings (SSSR count). The molecule has 1 heterocycles. The second-order valence-electron chi connectivity index (χ2n) is 5.47. The van der Waals surface area contributed by atoms with Crippen molar-refractivity contribution in [2.24, 2.45) is 5.92 Å². The SMILES string of the molecule is CC(C)Cn1ncnc1CN(C)C(C)(C)C(=O)O. The van der Waals surface area contributed by atoms with Crippen molar-refractivity contribution in [2.75, 3.05) is 7.05 Å². The number of likely N-dealkylation sites (N-methyl/N-ethyl adjacent to an activating group) is 1. The third-order valence-corrected chi connectivity index (χ3v) is 3.09. The third kappa shape index (κ3) is 3.29. The van der Waals surface area contributed by atoms with E-state index in [2.05, 4.69) is 23.9 Å². The number of rotatable bonds is 6. The van der Waals surface area contributed by atoms with E-state index in [1.807, 2.05) is 4.68 Å². The van der Waals surface area contributed by atoms with Gasteiger partial charge in [0, 0.05) is 6.54 Å². The standard InChI is InChI=1S/C12H22N4O2/c1-9(2)6-16-10(13-8-14-16)7-15(5)12(3,4)11(17)18/h8-9H,6-7H2,1-5H3,(H,17,18). The lowest BCUT2D eigenvalue weighted by atomic mass is 10.0. The van der Waals surface area contributed by atoms with E-state index in [4.69, 9.17) is 0 Å². The van der Waals surface area contributed by atoms with E-state index in [0.29, 0.717) is 12.5 Å². The summed E-state index contributed by atoms with van der Waals surface area (Å²) >= 11 is 0. The Morgan fingerprint density at radius 2 is 2.17 bits per heavy atom. The van der Waals surface area contributed by atoms with Gasteiger partial charge in [-0.05, 0) is 26.8 Å². The van der Waals surface area contributed by atoms with E-state index in [1.165, 1.54) is 6.33 Å². The van der Waals surface area contributed by atoms with Gasteiger partial charge in [-0.1, -0.05) is 13.8 Å². The number of carboxylic acid groups (broad SMARTS) is 1. The van der Waals surface area contributed by atoms with E-state index in [1.54, 1.807) is 25.8 Å². The molecule has 0 atom stereocenters. The Morgan fingerprint density at radius 3 is 2.67 bits per heavy atom. The first kappa shape index (κ1) is 14.6. The zero-order chi connectivity index (χ0) is 13.9. The summed E-state index contributed by atoms with van der Waals surface area (Å²) in [5, 5.41) is 13.3. The van der Waals surface area contributed by atoms with Crippen molar-refractivity contribution < 1.29 is 9.90 Å². The van der Waals surface area contributed by atoms with Gasteiger partial charge in [-0.25, -0.2) is 9.67 Å². The molecular formula is C12H22N4O2. The number of nitrogens with zero attached hydrogens (tertiary/aromatic N) is 4. The lowest BCUT2D eigenvalue weighted by Gasteiger charge is -2.31.